The standard InChI is InChI=1S/C16H15NO2S/c18-12-5-3-7-14-15(12)17-16(20-14)11-8-9-19-13-6-2-1-4-10(11)13/h1-2,4,6,11H,3,5,7-9H2. The number of para-hydroxylation sites is 1. The summed E-state index contributed by atoms with van der Waals surface area (Å²) in [7, 11) is 0. The van der Waals surface area contributed by atoms with Crippen LogP contribution in [0.5, 0.6) is 5.75 Å². The van der Waals surface area contributed by atoms with E-state index in [4.69, 9.17) is 4.74 Å². The Kier molecular flexibility index (Phi) is 2.84. The van der Waals surface area contributed by atoms with Crippen molar-refractivity contribution in [3.63, 3.8) is 0 Å². The summed E-state index contributed by atoms with van der Waals surface area (Å²) in [6, 6.07) is 8.17. The molecule has 2 heterocycles. The normalized spacial score (nSPS) is 21.0. The number of Topliss-reactive ketones (excluding diaryl/α,β-unsaturated/α-hetero) is 1. The number of fused-ring (bicyclic) bond motifs is 2. The predicted octanol–water partition coefficient (Wildman–Crippen LogP) is 3.58. The molecule has 102 valence electrons. The van der Waals surface area contributed by atoms with Gasteiger partial charge in [-0.15, -0.1) is 11.3 Å². The molecule has 1 aliphatic carbocycles. The van der Waals surface area contributed by atoms with E-state index in [-0.39, 0.29) is 11.7 Å². The number of ether oxygens (including phenoxy) is 1. The zero-order valence-electron chi connectivity index (χ0n) is 11.1. The Morgan fingerprint density at radius 1 is 1.25 bits per heavy atom. The first-order valence-corrected chi connectivity index (χ1v) is 7.89. The van der Waals surface area contributed by atoms with Gasteiger partial charge in [-0.1, -0.05) is 18.2 Å². The van der Waals surface area contributed by atoms with E-state index in [0.29, 0.717) is 6.42 Å². The molecular formula is C16H15NO2S. The van der Waals surface area contributed by atoms with Gasteiger partial charge in [-0.05, 0) is 25.3 Å². The highest BCUT2D eigenvalue weighted by atomic mass is 32.1. The van der Waals surface area contributed by atoms with Gasteiger partial charge in [0.05, 0.1) is 6.61 Å². The molecule has 0 N–H and O–H groups in total. The van der Waals surface area contributed by atoms with Crippen LogP contribution in [-0.2, 0) is 6.42 Å². The molecule has 4 rings (SSSR count). The minimum absolute atomic E-state index is 0.217. The summed E-state index contributed by atoms with van der Waals surface area (Å²) in [6.45, 7) is 0.722. The Hall–Kier alpha value is -1.68. The number of carbonyl (C=O) groups excluding carboxylic acids is 1. The summed E-state index contributed by atoms with van der Waals surface area (Å²) in [6.07, 6.45) is 3.57. The molecule has 0 saturated carbocycles. The number of aryl methyl sites for hydroxylation is 1. The predicted molar refractivity (Wildman–Crippen MR) is 77.8 cm³/mol. The first kappa shape index (κ1) is 12.1. The van der Waals surface area contributed by atoms with Crippen molar-refractivity contribution in [3.05, 3.63) is 45.4 Å². The average Bonchev–Trinajstić information content (AvgIpc) is 2.92. The average molecular weight is 285 g/mol. The number of thiazole rings is 1. The highest BCUT2D eigenvalue weighted by Crippen LogP contribution is 2.41. The monoisotopic (exact) mass is 285 g/mol. The fourth-order valence-electron chi connectivity index (χ4n) is 3.03. The fraction of sp³-hybridized carbons (Fsp3) is 0.375. The van der Waals surface area contributed by atoms with Crippen LogP contribution in [-0.4, -0.2) is 17.4 Å². The van der Waals surface area contributed by atoms with E-state index in [9.17, 15) is 4.79 Å². The molecule has 20 heavy (non-hydrogen) atoms. The SMILES string of the molecule is O=C1CCCc2sc(C3CCOc4ccccc43)nc21. The van der Waals surface area contributed by atoms with Crippen molar-refractivity contribution < 1.29 is 9.53 Å². The van der Waals surface area contributed by atoms with Crippen molar-refractivity contribution in [1.29, 1.82) is 0 Å². The van der Waals surface area contributed by atoms with E-state index < -0.39 is 0 Å². The van der Waals surface area contributed by atoms with E-state index in [0.717, 1.165) is 42.3 Å². The van der Waals surface area contributed by atoms with E-state index in [1.807, 2.05) is 18.2 Å². The number of nitrogens with zero attached hydrogens (tertiary/aromatic N) is 1. The maximum Gasteiger partial charge on any atom is 0.182 e. The highest BCUT2D eigenvalue weighted by molar-refractivity contribution is 7.12. The third-order valence-electron chi connectivity index (χ3n) is 4.04. The van der Waals surface area contributed by atoms with Gasteiger partial charge in [0, 0.05) is 22.8 Å². The van der Waals surface area contributed by atoms with E-state index >= 15 is 0 Å². The van der Waals surface area contributed by atoms with Gasteiger partial charge in [-0.3, -0.25) is 4.79 Å². The number of aromatic nitrogens is 1. The highest BCUT2D eigenvalue weighted by Gasteiger charge is 2.29. The summed E-state index contributed by atoms with van der Waals surface area (Å²) in [5.74, 6) is 1.46. The molecule has 0 spiro atoms. The van der Waals surface area contributed by atoms with Gasteiger partial charge >= 0.3 is 0 Å². The molecule has 1 atom stereocenters. The number of benzene rings is 1. The van der Waals surface area contributed by atoms with Crippen molar-refractivity contribution in [1.82, 2.24) is 4.98 Å². The topological polar surface area (TPSA) is 39.2 Å². The van der Waals surface area contributed by atoms with E-state index in [1.54, 1.807) is 11.3 Å². The summed E-state index contributed by atoms with van der Waals surface area (Å²) >= 11 is 1.72. The van der Waals surface area contributed by atoms with Crippen LogP contribution >= 0.6 is 11.3 Å². The van der Waals surface area contributed by atoms with Gasteiger partial charge in [-0.25, -0.2) is 4.98 Å². The zero-order valence-corrected chi connectivity index (χ0v) is 11.9. The molecular weight excluding hydrogens is 270 g/mol. The Morgan fingerprint density at radius 2 is 2.15 bits per heavy atom. The summed E-state index contributed by atoms with van der Waals surface area (Å²) in [5.41, 5.74) is 1.94. The van der Waals surface area contributed by atoms with Gasteiger partial charge in [0.2, 0.25) is 0 Å². The fourth-order valence-corrected chi connectivity index (χ4v) is 4.31. The minimum Gasteiger partial charge on any atom is -0.493 e. The van der Waals surface area contributed by atoms with E-state index in [2.05, 4.69) is 11.1 Å². The molecule has 0 saturated heterocycles. The van der Waals surface area contributed by atoms with E-state index in [1.165, 1.54) is 10.4 Å². The molecule has 3 nitrogen and oxygen atoms in total. The quantitative estimate of drug-likeness (QED) is 0.804. The van der Waals surface area contributed by atoms with Crippen molar-refractivity contribution in [2.45, 2.75) is 31.6 Å². The molecule has 1 aliphatic heterocycles. The maximum absolute atomic E-state index is 11.9. The number of hydrogen-bond acceptors (Lipinski definition) is 4. The van der Waals surface area contributed by atoms with Gasteiger partial charge in [0.1, 0.15) is 16.5 Å². The lowest BCUT2D eigenvalue weighted by atomic mass is 9.93. The van der Waals surface area contributed by atoms with Gasteiger partial charge in [0.15, 0.2) is 5.78 Å². The van der Waals surface area contributed by atoms with Crippen LogP contribution in [0.15, 0.2) is 24.3 Å². The Balaban J connectivity index is 1.77. The second kappa shape index (κ2) is 4.70. The second-order valence-electron chi connectivity index (χ2n) is 5.33. The van der Waals surface area contributed by atoms with Crippen LogP contribution in [0, 0.1) is 0 Å². The zero-order chi connectivity index (χ0) is 13.5. The first-order valence-electron chi connectivity index (χ1n) is 7.07. The molecule has 4 heteroatoms. The van der Waals surface area contributed by atoms with Crippen LogP contribution in [0.3, 0.4) is 0 Å². The van der Waals surface area contributed by atoms with Crippen LogP contribution in [0.25, 0.3) is 0 Å². The van der Waals surface area contributed by atoms with Crippen molar-refractivity contribution in [3.8, 4) is 5.75 Å². The number of rotatable bonds is 1. The summed E-state index contributed by atoms with van der Waals surface area (Å²) in [4.78, 5) is 17.8. The Labute approximate surface area is 121 Å². The van der Waals surface area contributed by atoms with Gasteiger partial charge in [-0.2, -0.15) is 0 Å². The Morgan fingerprint density at radius 3 is 3.05 bits per heavy atom. The molecule has 0 fully saturated rings. The van der Waals surface area contributed by atoms with Crippen LogP contribution in [0.2, 0.25) is 0 Å². The van der Waals surface area contributed by atoms with Crippen molar-refractivity contribution >= 4 is 17.1 Å². The molecule has 0 bridgehead atoms. The van der Waals surface area contributed by atoms with Crippen LogP contribution < -0.4 is 4.74 Å². The van der Waals surface area contributed by atoms with Crippen molar-refractivity contribution in [2.24, 2.45) is 0 Å². The smallest absolute Gasteiger partial charge is 0.182 e. The third-order valence-corrected chi connectivity index (χ3v) is 5.27. The maximum atomic E-state index is 11.9. The lowest BCUT2D eigenvalue weighted by Crippen LogP contribution is -2.15. The molecule has 0 radical (unpaired) electrons. The van der Waals surface area contributed by atoms with Crippen molar-refractivity contribution in [2.75, 3.05) is 6.61 Å². The number of carbonyl (C=O) groups is 1. The first-order chi connectivity index (χ1) is 9.83. The molecule has 2 aliphatic rings. The third kappa shape index (κ3) is 1.86. The van der Waals surface area contributed by atoms with Crippen LogP contribution in [0.4, 0.5) is 0 Å². The molecule has 0 amide bonds. The lowest BCUT2D eigenvalue weighted by Gasteiger charge is -2.24. The molecule has 1 aromatic carbocycles. The lowest BCUT2D eigenvalue weighted by molar-refractivity contribution is 0.0968. The summed E-state index contributed by atoms with van der Waals surface area (Å²) < 4.78 is 5.71. The Bertz CT molecular complexity index is 677. The molecule has 2 aromatic rings. The summed E-state index contributed by atoms with van der Waals surface area (Å²) in [5, 5.41) is 1.08. The van der Waals surface area contributed by atoms with Gasteiger partial charge in [0.25, 0.3) is 0 Å². The number of hydrogen-bond donors (Lipinski definition) is 0. The second-order valence-corrected chi connectivity index (χ2v) is 6.44. The number of ketones is 1. The minimum atomic E-state index is 0.217. The molecule has 1 unspecified atom stereocenters. The van der Waals surface area contributed by atoms with Gasteiger partial charge < -0.3 is 4.74 Å². The molecule has 1 aromatic heterocycles. The largest absolute Gasteiger partial charge is 0.493 e. The van der Waals surface area contributed by atoms with Crippen LogP contribution in [0.1, 0.15) is 51.1 Å².